The van der Waals surface area contributed by atoms with Crippen molar-refractivity contribution in [2.24, 2.45) is 0 Å². The van der Waals surface area contributed by atoms with E-state index in [-0.39, 0.29) is 0 Å². The molecular formula is C20H20ClNO4. The Balaban J connectivity index is 1.89. The number of carboxylic acid groups (broad SMARTS) is 1. The van der Waals surface area contributed by atoms with Gasteiger partial charge in [-0.3, -0.25) is 0 Å². The third kappa shape index (κ3) is 3.78. The summed E-state index contributed by atoms with van der Waals surface area (Å²) in [5.74, 6) is 0.957. The summed E-state index contributed by atoms with van der Waals surface area (Å²) >= 11 is 6.32. The van der Waals surface area contributed by atoms with Crippen LogP contribution in [0.2, 0.25) is 5.02 Å². The average Bonchev–Trinajstić information content (AvgIpc) is 2.99. The summed E-state index contributed by atoms with van der Waals surface area (Å²) in [6.07, 6.45) is 2.02. The number of carboxylic acids is 1. The van der Waals surface area contributed by atoms with Gasteiger partial charge in [0.1, 0.15) is 17.2 Å². The molecule has 0 radical (unpaired) electrons. The van der Waals surface area contributed by atoms with Crippen LogP contribution in [0.3, 0.4) is 0 Å². The summed E-state index contributed by atoms with van der Waals surface area (Å²) in [6, 6.07) is 9.11. The van der Waals surface area contributed by atoms with Gasteiger partial charge in [0, 0.05) is 23.2 Å². The third-order valence-electron chi connectivity index (χ3n) is 4.09. The number of hydrogen-bond donors (Lipinski definition) is 2. The number of carbonyl (C=O) groups is 1. The van der Waals surface area contributed by atoms with Gasteiger partial charge in [0.15, 0.2) is 6.61 Å². The van der Waals surface area contributed by atoms with Gasteiger partial charge in [-0.1, -0.05) is 25.4 Å². The van der Waals surface area contributed by atoms with E-state index in [0.29, 0.717) is 28.2 Å². The van der Waals surface area contributed by atoms with Crippen molar-refractivity contribution in [1.82, 2.24) is 4.98 Å². The smallest absolute Gasteiger partial charge is 0.341 e. The van der Waals surface area contributed by atoms with Crippen LogP contribution in [0.4, 0.5) is 0 Å². The lowest BCUT2D eigenvalue weighted by molar-refractivity contribution is -0.139. The topological polar surface area (TPSA) is 71.6 Å². The Kier molecular flexibility index (Phi) is 5.09. The number of aromatic amines is 1. The lowest BCUT2D eigenvalue weighted by atomic mass is 10.0. The van der Waals surface area contributed by atoms with Crippen LogP contribution >= 0.6 is 11.6 Å². The lowest BCUT2D eigenvalue weighted by Crippen LogP contribution is -2.09. The number of aromatic nitrogens is 1. The van der Waals surface area contributed by atoms with Gasteiger partial charge in [-0.2, -0.15) is 0 Å². The van der Waals surface area contributed by atoms with Gasteiger partial charge in [0.2, 0.25) is 0 Å². The van der Waals surface area contributed by atoms with Crippen molar-refractivity contribution >= 4 is 28.5 Å². The molecule has 0 saturated carbocycles. The minimum Gasteiger partial charge on any atom is -0.482 e. The van der Waals surface area contributed by atoms with Crippen LogP contribution in [-0.2, 0) is 4.79 Å². The molecule has 3 aromatic rings. The highest BCUT2D eigenvalue weighted by Crippen LogP contribution is 2.37. The number of rotatable bonds is 6. The Labute approximate surface area is 156 Å². The average molecular weight is 374 g/mol. The molecule has 136 valence electrons. The van der Waals surface area contributed by atoms with Gasteiger partial charge >= 0.3 is 5.97 Å². The number of fused-ring (bicyclic) bond motifs is 1. The molecular weight excluding hydrogens is 354 g/mol. The Bertz CT molecular complexity index is 939. The van der Waals surface area contributed by atoms with Crippen molar-refractivity contribution in [3.63, 3.8) is 0 Å². The van der Waals surface area contributed by atoms with Crippen molar-refractivity contribution in [2.75, 3.05) is 6.61 Å². The summed E-state index contributed by atoms with van der Waals surface area (Å²) in [7, 11) is 0. The highest BCUT2D eigenvalue weighted by atomic mass is 35.5. The molecule has 0 saturated heterocycles. The van der Waals surface area contributed by atoms with Gasteiger partial charge in [0.05, 0.1) is 5.02 Å². The van der Waals surface area contributed by atoms with E-state index in [9.17, 15) is 4.79 Å². The third-order valence-corrected chi connectivity index (χ3v) is 4.37. The number of H-pyrrole nitrogens is 1. The largest absolute Gasteiger partial charge is 0.482 e. The van der Waals surface area contributed by atoms with Crippen molar-refractivity contribution in [2.45, 2.75) is 26.7 Å². The van der Waals surface area contributed by atoms with Gasteiger partial charge in [-0.25, -0.2) is 4.79 Å². The summed E-state index contributed by atoms with van der Waals surface area (Å²) in [4.78, 5) is 13.9. The number of nitrogens with one attached hydrogen (secondary N) is 1. The Morgan fingerprint density at radius 2 is 2.00 bits per heavy atom. The standard InChI is InChI=1S/C20H20ClNO4/c1-11(2)16-9-22-18-5-4-13(7-15(16)18)26-20-12(3)6-14(8-17(20)21)25-10-19(23)24/h4-9,11,22H,10H2,1-3H3,(H,23,24). The van der Waals surface area contributed by atoms with Crippen LogP contribution in [0, 0.1) is 6.92 Å². The predicted molar refractivity (Wildman–Crippen MR) is 102 cm³/mol. The number of aryl methyl sites for hydroxylation is 1. The van der Waals surface area contributed by atoms with E-state index in [1.54, 1.807) is 12.1 Å². The minimum absolute atomic E-state index is 0.364. The summed E-state index contributed by atoms with van der Waals surface area (Å²) in [6.45, 7) is 5.71. The summed E-state index contributed by atoms with van der Waals surface area (Å²) in [5, 5.41) is 10.2. The maximum absolute atomic E-state index is 10.6. The fourth-order valence-corrected chi connectivity index (χ4v) is 3.13. The van der Waals surface area contributed by atoms with Crippen LogP contribution in [0.1, 0.15) is 30.9 Å². The minimum atomic E-state index is -1.04. The number of ether oxygens (including phenoxy) is 2. The van der Waals surface area contributed by atoms with Gasteiger partial charge in [-0.05, 0) is 48.2 Å². The van der Waals surface area contributed by atoms with Gasteiger partial charge < -0.3 is 19.6 Å². The molecule has 2 N–H and O–H groups in total. The molecule has 6 heteroatoms. The van der Waals surface area contributed by atoms with Crippen LogP contribution in [0.15, 0.2) is 36.5 Å². The molecule has 0 unspecified atom stereocenters. The molecule has 2 aromatic carbocycles. The number of hydrogen-bond acceptors (Lipinski definition) is 3. The summed E-state index contributed by atoms with van der Waals surface area (Å²) in [5.41, 5.74) is 3.04. The monoisotopic (exact) mass is 373 g/mol. The second-order valence-corrected chi connectivity index (χ2v) is 6.85. The quantitative estimate of drug-likeness (QED) is 0.597. The van der Waals surface area contributed by atoms with Crippen molar-refractivity contribution < 1.29 is 19.4 Å². The van der Waals surface area contributed by atoms with E-state index < -0.39 is 12.6 Å². The zero-order chi connectivity index (χ0) is 18.8. The van der Waals surface area contributed by atoms with Crippen LogP contribution in [0.5, 0.6) is 17.2 Å². The van der Waals surface area contributed by atoms with Gasteiger partial charge in [-0.15, -0.1) is 0 Å². The maximum Gasteiger partial charge on any atom is 0.341 e. The van der Waals surface area contributed by atoms with E-state index in [4.69, 9.17) is 26.2 Å². The molecule has 0 atom stereocenters. The predicted octanol–water partition coefficient (Wildman–Crippen LogP) is 5.51. The number of halogens is 1. The van der Waals surface area contributed by atoms with Crippen LogP contribution < -0.4 is 9.47 Å². The van der Waals surface area contributed by atoms with E-state index in [1.165, 1.54) is 5.56 Å². The molecule has 0 amide bonds. The normalized spacial score (nSPS) is 11.1. The first kappa shape index (κ1) is 18.1. The molecule has 0 aliphatic heterocycles. The molecule has 26 heavy (non-hydrogen) atoms. The van der Waals surface area contributed by atoms with E-state index in [2.05, 4.69) is 18.8 Å². The Hall–Kier alpha value is -2.66. The first-order valence-electron chi connectivity index (χ1n) is 8.28. The molecule has 3 rings (SSSR count). The molecule has 5 nitrogen and oxygen atoms in total. The van der Waals surface area contributed by atoms with Crippen LogP contribution in [-0.4, -0.2) is 22.7 Å². The first-order valence-corrected chi connectivity index (χ1v) is 8.66. The second kappa shape index (κ2) is 7.30. The fourth-order valence-electron chi connectivity index (χ4n) is 2.84. The molecule has 1 aromatic heterocycles. The second-order valence-electron chi connectivity index (χ2n) is 6.44. The van der Waals surface area contributed by atoms with Crippen molar-refractivity contribution in [3.8, 4) is 17.2 Å². The molecule has 0 bridgehead atoms. The van der Waals surface area contributed by atoms with Crippen molar-refractivity contribution in [3.05, 3.63) is 52.7 Å². The van der Waals surface area contributed by atoms with Crippen molar-refractivity contribution in [1.29, 1.82) is 0 Å². The number of benzene rings is 2. The first-order chi connectivity index (χ1) is 12.3. The molecule has 0 aliphatic carbocycles. The zero-order valence-electron chi connectivity index (χ0n) is 14.8. The molecule has 0 aliphatic rings. The highest BCUT2D eigenvalue weighted by Gasteiger charge is 2.13. The zero-order valence-corrected chi connectivity index (χ0v) is 15.6. The van der Waals surface area contributed by atoms with Crippen LogP contribution in [0.25, 0.3) is 10.9 Å². The number of aliphatic carboxylic acids is 1. The highest BCUT2D eigenvalue weighted by molar-refractivity contribution is 6.32. The molecule has 1 heterocycles. The van der Waals surface area contributed by atoms with E-state index in [0.717, 1.165) is 16.5 Å². The molecule has 0 spiro atoms. The fraction of sp³-hybridized carbons (Fsp3) is 0.250. The summed E-state index contributed by atoms with van der Waals surface area (Å²) < 4.78 is 11.2. The SMILES string of the molecule is Cc1cc(OCC(=O)O)cc(Cl)c1Oc1ccc2[nH]cc(C(C)C)c2c1. The maximum atomic E-state index is 10.6. The van der Waals surface area contributed by atoms with E-state index in [1.807, 2.05) is 31.3 Å². The Morgan fingerprint density at radius 1 is 1.23 bits per heavy atom. The van der Waals surface area contributed by atoms with Gasteiger partial charge in [0.25, 0.3) is 0 Å². The lowest BCUT2D eigenvalue weighted by Gasteiger charge is -2.13. The van der Waals surface area contributed by atoms with E-state index >= 15 is 0 Å². The molecule has 0 fully saturated rings. The Morgan fingerprint density at radius 3 is 2.65 bits per heavy atom.